The molecule has 0 bridgehead atoms. The predicted octanol–water partition coefficient (Wildman–Crippen LogP) is 0.816. The second-order valence-corrected chi connectivity index (χ2v) is 7.11. The van der Waals surface area contributed by atoms with E-state index < -0.39 is 32.6 Å². The summed E-state index contributed by atoms with van der Waals surface area (Å²) in [5.41, 5.74) is -1.60. The SMILES string of the molecule is CCCC(C(=O)O)C1(O)CCCC1S(C)(=O)=O. The molecule has 3 unspecified atom stereocenters. The van der Waals surface area contributed by atoms with Gasteiger partial charge in [0.2, 0.25) is 0 Å². The molecule has 0 aromatic heterocycles. The van der Waals surface area contributed by atoms with Crippen molar-refractivity contribution >= 4 is 15.8 Å². The first-order valence-electron chi connectivity index (χ1n) is 5.87. The molecule has 3 atom stereocenters. The first-order chi connectivity index (χ1) is 7.73. The zero-order valence-electron chi connectivity index (χ0n) is 10.2. The monoisotopic (exact) mass is 264 g/mol. The number of rotatable bonds is 5. The molecule has 1 rings (SSSR count). The van der Waals surface area contributed by atoms with Gasteiger partial charge >= 0.3 is 5.97 Å². The highest BCUT2D eigenvalue weighted by atomic mass is 32.2. The van der Waals surface area contributed by atoms with Crippen molar-refractivity contribution in [3.05, 3.63) is 0 Å². The van der Waals surface area contributed by atoms with E-state index in [9.17, 15) is 18.3 Å². The van der Waals surface area contributed by atoms with Gasteiger partial charge in [0.1, 0.15) is 0 Å². The maximum atomic E-state index is 11.6. The molecule has 0 aliphatic heterocycles. The van der Waals surface area contributed by atoms with Gasteiger partial charge in [-0.1, -0.05) is 13.3 Å². The number of hydrogen-bond acceptors (Lipinski definition) is 4. The molecule has 0 aromatic carbocycles. The van der Waals surface area contributed by atoms with Crippen LogP contribution in [0.4, 0.5) is 0 Å². The summed E-state index contributed by atoms with van der Waals surface area (Å²) in [5, 5.41) is 18.7. The molecular weight excluding hydrogens is 244 g/mol. The molecule has 2 N–H and O–H groups in total. The van der Waals surface area contributed by atoms with Gasteiger partial charge in [0.15, 0.2) is 9.84 Å². The first kappa shape index (κ1) is 14.4. The Balaban J connectivity index is 3.09. The van der Waals surface area contributed by atoms with Gasteiger partial charge in [0, 0.05) is 6.26 Å². The van der Waals surface area contributed by atoms with Gasteiger partial charge in [-0.25, -0.2) is 8.42 Å². The number of carbonyl (C=O) groups is 1. The average molecular weight is 264 g/mol. The fraction of sp³-hybridized carbons (Fsp3) is 0.909. The summed E-state index contributed by atoms with van der Waals surface area (Å²) in [6.45, 7) is 1.82. The van der Waals surface area contributed by atoms with Crippen LogP contribution >= 0.6 is 0 Å². The minimum atomic E-state index is -3.42. The summed E-state index contributed by atoms with van der Waals surface area (Å²) < 4.78 is 23.3. The summed E-state index contributed by atoms with van der Waals surface area (Å²) in [6.07, 6.45) is 3.14. The molecule has 6 heteroatoms. The van der Waals surface area contributed by atoms with Crippen LogP contribution in [-0.4, -0.2) is 41.7 Å². The Morgan fingerprint density at radius 3 is 2.53 bits per heavy atom. The van der Waals surface area contributed by atoms with Gasteiger partial charge in [-0.3, -0.25) is 4.79 Å². The van der Waals surface area contributed by atoms with Crippen molar-refractivity contribution in [3.63, 3.8) is 0 Å². The van der Waals surface area contributed by atoms with Crippen LogP contribution < -0.4 is 0 Å². The van der Waals surface area contributed by atoms with Gasteiger partial charge in [-0.15, -0.1) is 0 Å². The quantitative estimate of drug-likeness (QED) is 0.767. The van der Waals surface area contributed by atoms with Crippen LogP contribution in [-0.2, 0) is 14.6 Å². The Morgan fingerprint density at radius 1 is 1.53 bits per heavy atom. The van der Waals surface area contributed by atoms with Crippen LogP contribution in [0.5, 0.6) is 0 Å². The maximum absolute atomic E-state index is 11.6. The molecule has 100 valence electrons. The third kappa shape index (κ3) is 2.80. The minimum Gasteiger partial charge on any atom is -0.481 e. The van der Waals surface area contributed by atoms with E-state index in [-0.39, 0.29) is 6.42 Å². The van der Waals surface area contributed by atoms with Crippen LogP contribution in [0.2, 0.25) is 0 Å². The van der Waals surface area contributed by atoms with E-state index in [2.05, 4.69) is 0 Å². The molecule has 1 aliphatic rings. The molecule has 1 saturated carbocycles. The summed E-state index contributed by atoms with van der Waals surface area (Å²) in [6, 6.07) is 0. The Bertz CT molecular complexity index is 389. The molecule has 5 nitrogen and oxygen atoms in total. The second kappa shape index (κ2) is 4.94. The van der Waals surface area contributed by atoms with E-state index in [0.717, 1.165) is 6.26 Å². The Kier molecular flexibility index (Phi) is 4.19. The molecule has 0 saturated heterocycles. The van der Waals surface area contributed by atoms with Crippen LogP contribution in [0.3, 0.4) is 0 Å². The van der Waals surface area contributed by atoms with E-state index in [1.165, 1.54) is 0 Å². The third-order valence-corrected chi connectivity index (χ3v) is 5.27. The number of aliphatic hydroxyl groups is 1. The lowest BCUT2D eigenvalue weighted by Gasteiger charge is -2.34. The van der Waals surface area contributed by atoms with Crippen LogP contribution in [0.25, 0.3) is 0 Å². The van der Waals surface area contributed by atoms with E-state index in [0.29, 0.717) is 25.7 Å². The number of carboxylic acids is 1. The van der Waals surface area contributed by atoms with E-state index in [1.54, 1.807) is 0 Å². The number of aliphatic carboxylic acids is 1. The zero-order valence-corrected chi connectivity index (χ0v) is 11.0. The Hall–Kier alpha value is -0.620. The van der Waals surface area contributed by atoms with Crippen molar-refractivity contribution in [2.24, 2.45) is 5.92 Å². The first-order valence-corrected chi connectivity index (χ1v) is 7.83. The highest BCUT2D eigenvalue weighted by molar-refractivity contribution is 7.91. The molecule has 0 radical (unpaired) electrons. The maximum Gasteiger partial charge on any atom is 0.309 e. The van der Waals surface area contributed by atoms with Crippen LogP contribution in [0.1, 0.15) is 39.0 Å². The lowest BCUT2D eigenvalue weighted by molar-refractivity contribution is -0.152. The lowest BCUT2D eigenvalue weighted by atomic mass is 9.82. The fourth-order valence-corrected chi connectivity index (χ4v) is 4.46. The fourth-order valence-electron chi connectivity index (χ4n) is 2.84. The van der Waals surface area contributed by atoms with Crippen molar-refractivity contribution in [2.45, 2.75) is 49.9 Å². The molecule has 1 fully saturated rings. The number of sulfone groups is 1. The minimum absolute atomic E-state index is 0.252. The Labute approximate surface area is 102 Å². The summed E-state index contributed by atoms with van der Waals surface area (Å²) >= 11 is 0. The summed E-state index contributed by atoms with van der Waals surface area (Å²) in [7, 11) is -3.42. The topological polar surface area (TPSA) is 91.7 Å². The molecule has 0 spiro atoms. The van der Waals surface area contributed by atoms with E-state index in [1.807, 2.05) is 6.92 Å². The Morgan fingerprint density at radius 2 is 2.12 bits per heavy atom. The van der Waals surface area contributed by atoms with Gasteiger partial charge in [-0.05, 0) is 25.7 Å². The molecule has 0 amide bonds. The second-order valence-electron chi connectivity index (χ2n) is 4.88. The molecule has 0 heterocycles. The third-order valence-electron chi connectivity index (χ3n) is 3.60. The normalized spacial score (nSPS) is 31.4. The summed E-state index contributed by atoms with van der Waals surface area (Å²) in [5.74, 6) is -2.10. The van der Waals surface area contributed by atoms with Crippen molar-refractivity contribution < 1.29 is 23.4 Å². The average Bonchev–Trinajstić information content (AvgIpc) is 2.56. The summed E-state index contributed by atoms with van der Waals surface area (Å²) in [4.78, 5) is 11.2. The predicted molar refractivity (Wildman–Crippen MR) is 63.5 cm³/mol. The molecule has 0 aromatic rings. The lowest BCUT2D eigenvalue weighted by Crippen LogP contribution is -2.51. The van der Waals surface area contributed by atoms with Gasteiger partial charge < -0.3 is 10.2 Å². The molecular formula is C11H20O5S. The van der Waals surface area contributed by atoms with Crippen molar-refractivity contribution in [1.82, 2.24) is 0 Å². The van der Waals surface area contributed by atoms with Gasteiger partial charge in [0.05, 0.1) is 16.8 Å². The van der Waals surface area contributed by atoms with E-state index >= 15 is 0 Å². The van der Waals surface area contributed by atoms with Crippen molar-refractivity contribution in [1.29, 1.82) is 0 Å². The van der Waals surface area contributed by atoms with E-state index in [4.69, 9.17) is 5.11 Å². The van der Waals surface area contributed by atoms with Gasteiger partial charge in [0.25, 0.3) is 0 Å². The zero-order chi connectivity index (χ0) is 13.3. The number of carboxylic acid groups (broad SMARTS) is 1. The molecule has 17 heavy (non-hydrogen) atoms. The smallest absolute Gasteiger partial charge is 0.309 e. The highest BCUT2D eigenvalue weighted by Gasteiger charge is 2.53. The van der Waals surface area contributed by atoms with Crippen molar-refractivity contribution in [2.75, 3.05) is 6.26 Å². The van der Waals surface area contributed by atoms with Gasteiger partial charge in [-0.2, -0.15) is 0 Å². The van der Waals surface area contributed by atoms with Crippen LogP contribution in [0, 0.1) is 5.92 Å². The molecule has 1 aliphatic carbocycles. The standard InChI is InChI=1S/C11H20O5S/c1-3-5-8(10(12)13)11(14)7-4-6-9(11)17(2,15)16/h8-9,14H,3-7H2,1-2H3,(H,12,13). The van der Waals surface area contributed by atoms with Crippen molar-refractivity contribution in [3.8, 4) is 0 Å². The van der Waals surface area contributed by atoms with Crippen LogP contribution in [0.15, 0.2) is 0 Å². The highest BCUT2D eigenvalue weighted by Crippen LogP contribution is 2.41. The largest absolute Gasteiger partial charge is 0.481 e. The number of hydrogen-bond donors (Lipinski definition) is 2.